The molecule has 2 aromatic rings. The molecule has 0 spiro atoms. The highest BCUT2D eigenvalue weighted by molar-refractivity contribution is 5.53. The fraction of sp³-hybridized carbons (Fsp3) is 0.294. The maximum atomic E-state index is 10.8. The summed E-state index contributed by atoms with van der Waals surface area (Å²) < 4.78 is 5.77. The SMILES string of the molecule is CCOC(CNc1ccc([N+](=O)[O-])c(C)c1)c1ccccc1. The highest BCUT2D eigenvalue weighted by atomic mass is 16.6. The van der Waals surface area contributed by atoms with E-state index in [9.17, 15) is 10.1 Å². The molecule has 5 heteroatoms. The van der Waals surface area contributed by atoms with E-state index in [1.165, 1.54) is 6.07 Å². The molecule has 0 heterocycles. The van der Waals surface area contributed by atoms with Gasteiger partial charge in [0.05, 0.1) is 11.0 Å². The lowest BCUT2D eigenvalue weighted by atomic mass is 10.1. The molecule has 1 unspecified atom stereocenters. The van der Waals surface area contributed by atoms with E-state index in [1.807, 2.05) is 37.3 Å². The predicted molar refractivity (Wildman–Crippen MR) is 87.1 cm³/mol. The molecule has 0 fully saturated rings. The first-order chi connectivity index (χ1) is 10.6. The zero-order valence-corrected chi connectivity index (χ0v) is 12.8. The average Bonchev–Trinajstić information content (AvgIpc) is 2.52. The molecule has 0 aliphatic heterocycles. The van der Waals surface area contributed by atoms with Crippen molar-refractivity contribution in [3.63, 3.8) is 0 Å². The van der Waals surface area contributed by atoms with Crippen LogP contribution in [0.3, 0.4) is 0 Å². The topological polar surface area (TPSA) is 64.4 Å². The number of nitro groups is 1. The molecule has 0 saturated carbocycles. The van der Waals surface area contributed by atoms with Crippen molar-refractivity contribution in [2.45, 2.75) is 20.0 Å². The van der Waals surface area contributed by atoms with Crippen LogP contribution in [0.5, 0.6) is 0 Å². The molecule has 5 nitrogen and oxygen atoms in total. The molecule has 1 atom stereocenters. The number of hydrogen-bond donors (Lipinski definition) is 1. The number of rotatable bonds is 7. The molecule has 2 aromatic carbocycles. The van der Waals surface area contributed by atoms with Gasteiger partial charge >= 0.3 is 0 Å². The van der Waals surface area contributed by atoms with Crippen LogP contribution in [0.4, 0.5) is 11.4 Å². The quantitative estimate of drug-likeness (QED) is 0.618. The van der Waals surface area contributed by atoms with E-state index in [0.717, 1.165) is 11.3 Å². The summed E-state index contributed by atoms with van der Waals surface area (Å²) in [4.78, 5) is 10.5. The molecule has 0 aromatic heterocycles. The van der Waals surface area contributed by atoms with Crippen LogP contribution in [0.1, 0.15) is 24.2 Å². The van der Waals surface area contributed by atoms with Crippen LogP contribution in [0.2, 0.25) is 0 Å². The number of ether oxygens (including phenoxy) is 1. The summed E-state index contributed by atoms with van der Waals surface area (Å²) in [5, 5.41) is 14.1. The third-order valence-corrected chi connectivity index (χ3v) is 3.42. The summed E-state index contributed by atoms with van der Waals surface area (Å²) in [5.41, 5.74) is 2.73. The Balaban J connectivity index is 2.06. The summed E-state index contributed by atoms with van der Waals surface area (Å²) in [6, 6.07) is 15.0. The standard InChI is InChI=1S/C17H20N2O3/c1-3-22-17(14-7-5-4-6-8-14)12-18-15-9-10-16(19(20)21)13(2)11-15/h4-11,17-18H,3,12H2,1-2H3. The molecule has 0 aliphatic carbocycles. The van der Waals surface area contributed by atoms with Gasteiger partial charge in [-0.05, 0) is 31.5 Å². The number of nitro benzene ring substituents is 1. The molecule has 116 valence electrons. The van der Waals surface area contributed by atoms with Crippen molar-refractivity contribution < 1.29 is 9.66 Å². The Morgan fingerprint density at radius 2 is 1.95 bits per heavy atom. The first kappa shape index (κ1) is 16.0. The Morgan fingerprint density at radius 1 is 1.23 bits per heavy atom. The van der Waals surface area contributed by atoms with Gasteiger partial charge in [-0.2, -0.15) is 0 Å². The summed E-state index contributed by atoms with van der Waals surface area (Å²) >= 11 is 0. The van der Waals surface area contributed by atoms with Gasteiger partial charge in [0, 0.05) is 30.5 Å². The maximum Gasteiger partial charge on any atom is 0.272 e. The van der Waals surface area contributed by atoms with Gasteiger partial charge < -0.3 is 10.1 Å². The monoisotopic (exact) mass is 300 g/mol. The van der Waals surface area contributed by atoms with Gasteiger partial charge in [0.25, 0.3) is 5.69 Å². The van der Waals surface area contributed by atoms with Crippen molar-refractivity contribution in [3.05, 3.63) is 69.8 Å². The largest absolute Gasteiger partial charge is 0.382 e. The van der Waals surface area contributed by atoms with E-state index in [2.05, 4.69) is 5.32 Å². The lowest BCUT2D eigenvalue weighted by molar-refractivity contribution is -0.385. The van der Waals surface area contributed by atoms with Crippen LogP contribution >= 0.6 is 0 Å². The smallest absolute Gasteiger partial charge is 0.272 e. The minimum atomic E-state index is -0.369. The number of hydrogen-bond acceptors (Lipinski definition) is 4. The normalized spacial score (nSPS) is 11.9. The second kappa shape index (κ2) is 7.56. The van der Waals surface area contributed by atoms with E-state index < -0.39 is 0 Å². The second-order valence-electron chi connectivity index (χ2n) is 4.99. The Morgan fingerprint density at radius 3 is 2.55 bits per heavy atom. The Kier molecular flexibility index (Phi) is 5.49. The molecule has 0 aliphatic rings. The lowest BCUT2D eigenvalue weighted by Gasteiger charge is -2.19. The third-order valence-electron chi connectivity index (χ3n) is 3.42. The van der Waals surface area contributed by atoms with E-state index in [1.54, 1.807) is 19.1 Å². The number of nitrogens with one attached hydrogen (secondary N) is 1. The molecule has 22 heavy (non-hydrogen) atoms. The predicted octanol–water partition coefficient (Wildman–Crippen LogP) is 4.09. The van der Waals surface area contributed by atoms with Gasteiger partial charge in [0.15, 0.2) is 0 Å². The lowest BCUT2D eigenvalue weighted by Crippen LogP contribution is -2.16. The van der Waals surface area contributed by atoms with Crippen LogP contribution in [-0.2, 0) is 4.74 Å². The van der Waals surface area contributed by atoms with E-state index in [4.69, 9.17) is 4.74 Å². The fourth-order valence-electron chi connectivity index (χ4n) is 2.32. The summed E-state index contributed by atoms with van der Waals surface area (Å²) in [6.45, 7) is 4.93. The van der Waals surface area contributed by atoms with E-state index in [-0.39, 0.29) is 16.7 Å². The van der Waals surface area contributed by atoms with Crippen LogP contribution < -0.4 is 5.32 Å². The van der Waals surface area contributed by atoms with Gasteiger partial charge in [0.2, 0.25) is 0 Å². The second-order valence-corrected chi connectivity index (χ2v) is 4.99. The van der Waals surface area contributed by atoms with E-state index in [0.29, 0.717) is 18.7 Å². The van der Waals surface area contributed by atoms with Gasteiger partial charge in [-0.1, -0.05) is 30.3 Å². The first-order valence-electron chi connectivity index (χ1n) is 7.27. The molecule has 1 N–H and O–H groups in total. The zero-order chi connectivity index (χ0) is 15.9. The van der Waals surface area contributed by atoms with Crippen LogP contribution in [0.15, 0.2) is 48.5 Å². The Labute approximate surface area is 130 Å². The molecule has 2 rings (SSSR count). The fourth-order valence-corrected chi connectivity index (χ4v) is 2.32. The Hall–Kier alpha value is -2.40. The van der Waals surface area contributed by atoms with Crippen molar-refractivity contribution in [2.24, 2.45) is 0 Å². The summed E-state index contributed by atoms with van der Waals surface area (Å²) in [7, 11) is 0. The van der Waals surface area contributed by atoms with Gasteiger partial charge in [-0.15, -0.1) is 0 Å². The van der Waals surface area contributed by atoms with Crippen LogP contribution in [0, 0.1) is 17.0 Å². The van der Waals surface area contributed by atoms with Crippen molar-refractivity contribution in [3.8, 4) is 0 Å². The maximum absolute atomic E-state index is 10.8. The molecular weight excluding hydrogens is 280 g/mol. The number of benzene rings is 2. The Bertz CT molecular complexity index is 629. The first-order valence-corrected chi connectivity index (χ1v) is 7.27. The molecular formula is C17H20N2O3. The molecule has 0 amide bonds. The van der Waals surface area contributed by atoms with Gasteiger partial charge in [0.1, 0.15) is 0 Å². The highest BCUT2D eigenvalue weighted by Crippen LogP contribution is 2.23. The van der Waals surface area contributed by atoms with Crippen molar-refractivity contribution >= 4 is 11.4 Å². The summed E-state index contributed by atoms with van der Waals surface area (Å²) in [6.07, 6.45) is -0.0540. The van der Waals surface area contributed by atoms with Gasteiger partial charge in [-0.3, -0.25) is 10.1 Å². The zero-order valence-electron chi connectivity index (χ0n) is 12.8. The van der Waals surface area contributed by atoms with Crippen LogP contribution in [-0.4, -0.2) is 18.1 Å². The van der Waals surface area contributed by atoms with Crippen molar-refractivity contribution in [1.29, 1.82) is 0 Å². The van der Waals surface area contributed by atoms with Crippen molar-refractivity contribution in [2.75, 3.05) is 18.5 Å². The van der Waals surface area contributed by atoms with E-state index >= 15 is 0 Å². The number of aryl methyl sites for hydroxylation is 1. The average molecular weight is 300 g/mol. The number of anilines is 1. The minimum Gasteiger partial charge on any atom is -0.382 e. The molecule has 0 radical (unpaired) electrons. The number of nitrogens with zero attached hydrogens (tertiary/aromatic N) is 1. The van der Waals surface area contributed by atoms with Gasteiger partial charge in [-0.25, -0.2) is 0 Å². The summed E-state index contributed by atoms with van der Waals surface area (Å²) in [5.74, 6) is 0. The minimum absolute atomic E-state index is 0.0540. The third kappa shape index (κ3) is 4.05. The highest BCUT2D eigenvalue weighted by Gasteiger charge is 2.13. The molecule has 0 bridgehead atoms. The molecule has 0 saturated heterocycles. The van der Waals surface area contributed by atoms with Crippen LogP contribution in [0.25, 0.3) is 0 Å². The van der Waals surface area contributed by atoms with Crippen molar-refractivity contribution in [1.82, 2.24) is 0 Å².